The number of piperidine rings is 1. The number of carbonyl (C=O) groups excluding carboxylic acids is 2. The summed E-state index contributed by atoms with van der Waals surface area (Å²) in [4.78, 5) is 29.0. The number of rotatable bonds is 5. The fourth-order valence-corrected chi connectivity index (χ4v) is 5.72. The number of benzene rings is 1. The maximum atomic E-state index is 13.1. The molecule has 1 fully saturated rings. The molecule has 2 heterocycles. The van der Waals surface area contributed by atoms with Gasteiger partial charge in [-0.1, -0.05) is 13.8 Å². The van der Waals surface area contributed by atoms with E-state index in [0.717, 1.165) is 37.9 Å². The number of nitrogens with zero attached hydrogens (tertiary/aromatic N) is 3. The topological polar surface area (TPSA) is 78.0 Å². The van der Waals surface area contributed by atoms with Gasteiger partial charge in [0, 0.05) is 45.2 Å². The van der Waals surface area contributed by atoms with E-state index >= 15 is 0 Å². The van der Waals surface area contributed by atoms with Crippen LogP contribution in [0.1, 0.15) is 45.6 Å². The Balaban J connectivity index is 1.93. The van der Waals surface area contributed by atoms with Gasteiger partial charge in [-0.2, -0.15) is 4.31 Å². The van der Waals surface area contributed by atoms with Gasteiger partial charge in [-0.3, -0.25) is 14.5 Å². The number of fused-ring (bicyclic) bond motifs is 1. The van der Waals surface area contributed by atoms with E-state index in [-0.39, 0.29) is 16.7 Å². The largest absolute Gasteiger partial charge is 0.341 e. The highest BCUT2D eigenvalue weighted by Gasteiger charge is 2.40. The molecule has 0 saturated carbocycles. The number of sulfonamides is 1. The lowest BCUT2D eigenvalue weighted by Gasteiger charge is -2.32. The van der Waals surface area contributed by atoms with E-state index in [1.807, 2.05) is 4.90 Å². The number of hydrogen-bond acceptors (Lipinski definition) is 4. The van der Waals surface area contributed by atoms with Crippen molar-refractivity contribution in [3.63, 3.8) is 0 Å². The third-order valence-corrected chi connectivity index (χ3v) is 7.72. The van der Waals surface area contributed by atoms with Crippen LogP contribution in [0.15, 0.2) is 23.1 Å². The summed E-state index contributed by atoms with van der Waals surface area (Å²) in [6.45, 7) is 7.29. The smallest absolute Gasteiger partial charge is 0.246 e. The number of anilines is 1. The highest BCUT2D eigenvalue weighted by atomic mass is 32.2. The second-order valence-electron chi connectivity index (χ2n) is 7.37. The van der Waals surface area contributed by atoms with Crippen molar-refractivity contribution < 1.29 is 18.0 Å². The Hall–Kier alpha value is -1.93. The van der Waals surface area contributed by atoms with E-state index in [1.165, 1.54) is 22.2 Å². The molecule has 2 amide bonds. The normalized spacial score (nSPS) is 19.8. The zero-order valence-electron chi connectivity index (χ0n) is 16.8. The fourth-order valence-electron chi connectivity index (χ4n) is 4.21. The molecular weight excluding hydrogens is 378 g/mol. The molecule has 1 saturated heterocycles. The summed E-state index contributed by atoms with van der Waals surface area (Å²) in [5.41, 5.74) is 1.38. The highest BCUT2D eigenvalue weighted by molar-refractivity contribution is 7.89. The standard InChI is InChI=1S/C20H29N3O4S/c1-4-22(5-2)28(26,27)17-9-10-18-16(13-17)14-19(23(18)15(3)24)20(25)21-11-7-6-8-12-21/h9-10,13,19H,4-8,11-12,14H2,1-3H3/t19-/m0/s1. The first-order chi connectivity index (χ1) is 13.3. The van der Waals surface area contributed by atoms with Gasteiger partial charge in [0.25, 0.3) is 0 Å². The van der Waals surface area contributed by atoms with Crippen LogP contribution < -0.4 is 4.90 Å². The summed E-state index contributed by atoms with van der Waals surface area (Å²) in [5.74, 6) is -0.243. The average molecular weight is 408 g/mol. The molecule has 3 rings (SSSR count). The van der Waals surface area contributed by atoms with Crippen LogP contribution in [0, 0.1) is 0 Å². The Morgan fingerprint density at radius 3 is 2.32 bits per heavy atom. The minimum Gasteiger partial charge on any atom is -0.341 e. The van der Waals surface area contributed by atoms with Crippen LogP contribution in [-0.2, 0) is 26.0 Å². The van der Waals surface area contributed by atoms with Gasteiger partial charge in [-0.15, -0.1) is 0 Å². The third-order valence-electron chi connectivity index (χ3n) is 5.67. The predicted molar refractivity (Wildman–Crippen MR) is 108 cm³/mol. The van der Waals surface area contributed by atoms with E-state index in [4.69, 9.17) is 0 Å². The Labute approximate surface area is 167 Å². The second kappa shape index (κ2) is 8.21. The molecule has 1 aromatic rings. The molecule has 0 aromatic heterocycles. The Morgan fingerprint density at radius 1 is 1.11 bits per heavy atom. The molecule has 0 spiro atoms. The van der Waals surface area contributed by atoms with Gasteiger partial charge >= 0.3 is 0 Å². The molecular formula is C20H29N3O4S. The molecule has 0 bridgehead atoms. The minimum atomic E-state index is -3.58. The summed E-state index contributed by atoms with van der Waals surface area (Å²) in [6, 6.07) is 4.24. The molecule has 1 aromatic carbocycles. The van der Waals surface area contributed by atoms with E-state index in [2.05, 4.69) is 0 Å². The average Bonchev–Trinajstić information content (AvgIpc) is 3.07. The molecule has 154 valence electrons. The van der Waals surface area contributed by atoms with Gasteiger partial charge in [0.05, 0.1) is 4.90 Å². The lowest BCUT2D eigenvalue weighted by atomic mass is 10.1. The summed E-state index contributed by atoms with van der Waals surface area (Å²) < 4.78 is 27.1. The van der Waals surface area contributed by atoms with Crippen LogP contribution in [0.5, 0.6) is 0 Å². The van der Waals surface area contributed by atoms with Crippen LogP contribution in [0.3, 0.4) is 0 Å². The van der Waals surface area contributed by atoms with Crippen molar-refractivity contribution in [2.45, 2.75) is 57.4 Å². The SMILES string of the molecule is CCN(CC)S(=O)(=O)c1ccc2c(c1)C[C@@H](C(=O)N1CCCCC1)N2C(C)=O. The van der Waals surface area contributed by atoms with E-state index in [1.54, 1.807) is 26.0 Å². The van der Waals surface area contributed by atoms with E-state index < -0.39 is 16.1 Å². The van der Waals surface area contributed by atoms with Gasteiger partial charge in [0.2, 0.25) is 21.8 Å². The quantitative estimate of drug-likeness (QED) is 0.748. The van der Waals surface area contributed by atoms with Crippen molar-refractivity contribution in [3.8, 4) is 0 Å². The van der Waals surface area contributed by atoms with Gasteiger partial charge in [0.1, 0.15) is 6.04 Å². The lowest BCUT2D eigenvalue weighted by Crippen LogP contribution is -2.50. The number of carbonyl (C=O) groups is 2. The van der Waals surface area contributed by atoms with Crippen molar-refractivity contribution in [3.05, 3.63) is 23.8 Å². The summed E-state index contributed by atoms with van der Waals surface area (Å²) in [7, 11) is -3.58. The summed E-state index contributed by atoms with van der Waals surface area (Å²) >= 11 is 0. The van der Waals surface area contributed by atoms with Crippen molar-refractivity contribution in [1.82, 2.24) is 9.21 Å². The summed E-state index contributed by atoms with van der Waals surface area (Å²) in [5, 5.41) is 0. The van der Waals surface area contributed by atoms with E-state index in [9.17, 15) is 18.0 Å². The number of amides is 2. The molecule has 0 radical (unpaired) electrons. The van der Waals surface area contributed by atoms with Crippen molar-refractivity contribution >= 4 is 27.5 Å². The molecule has 0 aliphatic carbocycles. The van der Waals surface area contributed by atoms with Gasteiger partial charge in [0.15, 0.2) is 0 Å². The monoisotopic (exact) mass is 407 g/mol. The zero-order chi connectivity index (χ0) is 20.5. The molecule has 2 aliphatic heterocycles. The Bertz CT molecular complexity index is 858. The Kier molecular flexibility index (Phi) is 6.09. The van der Waals surface area contributed by atoms with Gasteiger partial charge < -0.3 is 4.90 Å². The predicted octanol–water partition coefficient (Wildman–Crippen LogP) is 2.01. The molecule has 2 aliphatic rings. The second-order valence-corrected chi connectivity index (χ2v) is 9.31. The van der Waals surface area contributed by atoms with Crippen LogP contribution in [0.2, 0.25) is 0 Å². The van der Waals surface area contributed by atoms with Gasteiger partial charge in [-0.05, 0) is 43.0 Å². The van der Waals surface area contributed by atoms with Crippen LogP contribution in [-0.4, -0.2) is 61.7 Å². The summed E-state index contributed by atoms with van der Waals surface area (Å²) in [6.07, 6.45) is 3.44. The van der Waals surface area contributed by atoms with Gasteiger partial charge in [-0.25, -0.2) is 8.42 Å². The molecule has 7 nitrogen and oxygen atoms in total. The first-order valence-electron chi connectivity index (χ1n) is 10.0. The molecule has 0 N–H and O–H groups in total. The first-order valence-corrected chi connectivity index (χ1v) is 11.5. The lowest BCUT2D eigenvalue weighted by molar-refractivity contribution is -0.135. The van der Waals surface area contributed by atoms with Crippen molar-refractivity contribution in [2.24, 2.45) is 0 Å². The maximum absolute atomic E-state index is 13.1. The highest BCUT2D eigenvalue weighted by Crippen LogP contribution is 2.35. The third kappa shape index (κ3) is 3.67. The van der Waals surface area contributed by atoms with E-state index in [0.29, 0.717) is 25.2 Å². The van der Waals surface area contributed by atoms with Crippen LogP contribution in [0.4, 0.5) is 5.69 Å². The first kappa shape index (κ1) is 20.8. The van der Waals surface area contributed by atoms with Crippen LogP contribution in [0.25, 0.3) is 0 Å². The molecule has 1 atom stereocenters. The number of hydrogen-bond donors (Lipinski definition) is 0. The van der Waals surface area contributed by atoms with Crippen molar-refractivity contribution in [2.75, 3.05) is 31.1 Å². The molecule has 8 heteroatoms. The van der Waals surface area contributed by atoms with Crippen LogP contribution >= 0.6 is 0 Å². The minimum absolute atomic E-state index is 0.0424. The van der Waals surface area contributed by atoms with Crippen molar-refractivity contribution in [1.29, 1.82) is 0 Å². The fraction of sp³-hybridized carbons (Fsp3) is 0.600. The Morgan fingerprint density at radius 2 is 1.75 bits per heavy atom. The number of likely N-dealkylation sites (tertiary alicyclic amines) is 1. The molecule has 0 unspecified atom stereocenters. The maximum Gasteiger partial charge on any atom is 0.246 e. The molecule has 28 heavy (non-hydrogen) atoms. The zero-order valence-corrected chi connectivity index (χ0v) is 17.7.